The molecule has 1 atom stereocenters. The van der Waals surface area contributed by atoms with Crippen LogP contribution in [-0.4, -0.2) is 87.6 Å². The first-order chi connectivity index (χ1) is 18.5. The molecule has 2 aliphatic heterocycles. The van der Waals surface area contributed by atoms with Gasteiger partial charge in [0.25, 0.3) is 6.43 Å². The predicted molar refractivity (Wildman–Crippen MR) is 141 cm³/mol. The Hall–Kier alpha value is -2.89. The minimum atomic E-state index is -2.74. The van der Waals surface area contributed by atoms with Gasteiger partial charge in [0.15, 0.2) is 5.82 Å². The van der Waals surface area contributed by atoms with Crippen molar-refractivity contribution in [1.82, 2.24) is 24.4 Å². The van der Waals surface area contributed by atoms with Gasteiger partial charge < -0.3 is 20.1 Å². The minimum Gasteiger partial charge on any atom is -0.392 e. The van der Waals surface area contributed by atoms with Gasteiger partial charge in [-0.25, -0.2) is 13.8 Å². The monoisotopic (exact) mass is 527 g/mol. The van der Waals surface area contributed by atoms with Crippen LogP contribution in [0.5, 0.6) is 0 Å². The van der Waals surface area contributed by atoms with Crippen molar-refractivity contribution in [2.24, 2.45) is 5.92 Å². The lowest BCUT2D eigenvalue weighted by atomic mass is 9.85. The molecule has 0 spiro atoms. The van der Waals surface area contributed by atoms with E-state index in [0.717, 1.165) is 51.7 Å². The number of imidazole rings is 1. The molecule has 1 aliphatic carbocycles. The molecule has 2 aromatic heterocycles. The van der Waals surface area contributed by atoms with Crippen LogP contribution in [0.2, 0.25) is 0 Å². The quantitative estimate of drug-likeness (QED) is 0.482. The zero-order valence-electron chi connectivity index (χ0n) is 21.5. The van der Waals surface area contributed by atoms with Crippen LogP contribution < -0.4 is 10.2 Å². The number of likely N-dealkylation sites (tertiary alicyclic amines) is 1. The largest absolute Gasteiger partial charge is 0.392 e. The molecule has 0 radical (unpaired) electrons. The summed E-state index contributed by atoms with van der Waals surface area (Å²) in [6, 6.07) is 9.46. The van der Waals surface area contributed by atoms with Gasteiger partial charge in [0, 0.05) is 44.8 Å². The fraction of sp³-hybridized carbons (Fsp3) is 0.593. The van der Waals surface area contributed by atoms with Crippen LogP contribution in [0.25, 0.3) is 16.9 Å². The van der Waals surface area contributed by atoms with Crippen molar-refractivity contribution in [3.05, 3.63) is 36.2 Å². The van der Waals surface area contributed by atoms with Crippen LogP contribution in [0, 0.1) is 5.92 Å². The fourth-order valence-corrected chi connectivity index (χ4v) is 6.05. The van der Waals surface area contributed by atoms with Gasteiger partial charge in [0.2, 0.25) is 5.95 Å². The van der Waals surface area contributed by atoms with Crippen molar-refractivity contribution in [1.29, 1.82) is 0 Å². The number of ether oxygens (including phenoxy) is 1. The Morgan fingerprint density at radius 2 is 1.74 bits per heavy atom. The minimum absolute atomic E-state index is 0.183. The van der Waals surface area contributed by atoms with Crippen LogP contribution in [0.3, 0.4) is 0 Å². The second-order valence-corrected chi connectivity index (χ2v) is 10.6. The number of benzene rings is 1. The number of hydrogen-bond acceptors (Lipinski definition) is 8. The molecule has 1 saturated carbocycles. The van der Waals surface area contributed by atoms with Crippen molar-refractivity contribution < 1.29 is 18.6 Å². The van der Waals surface area contributed by atoms with E-state index < -0.39 is 6.43 Å². The van der Waals surface area contributed by atoms with Gasteiger partial charge in [-0.3, -0.25) is 9.47 Å². The summed E-state index contributed by atoms with van der Waals surface area (Å²) < 4.78 is 35.1. The van der Waals surface area contributed by atoms with E-state index in [0.29, 0.717) is 66.9 Å². The van der Waals surface area contributed by atoms with Gasteiger partial charge in [-0.05, 0) is 50.2 Å². The van der Waals surface area contributed by atoms with Crippen molar-refractivity contribution in [3.8, 4) is 5.82 Å². The zero-order chi connectivity index (χ0) is 26.1. The molecule has 3 aliphatic rings. The summed E-state index contributed by atoms with van der Waals surface area (Å²) in [6.45, 7) is 5.05. The van der Waals surface area contributed by atoms with E-state index in [1.807, 2.05) is 6.07 Å². The normalized spacial score (nSPS) is 24.9. The Bertz CT molecular complexity index is 1240. The van der Waals surface area contributed by atoms with Crippen molar-refractivity contribution in [3.63, 3.8) is 0 Å². The lowest BCUT2D eigenvalue weighted by molar-refractivity contribution is 0.122. The van der Waals surface area contributed by atoms with Gasteiger partial charge in [-0.2, -0.15) is 9.97 Å². The third-order valence-electron chi connectivity index (χ3n) is 8.12. The number of fused-ring (bicyclic) bond motifs is 1. The van der Waals surface area contributed by atoms with E-state index in [9.17, 15) is 13.9 Å². The molecule has 3 aromatic rings. The maximum absolute atomic E-state index is 14.1. The van der Waals surface area contributed by atoms with Crippen LogP contribution in [0.1, 0.15) is 44.4 Å². The first-order valence-electron chi connectivity index (χ1n) is 13.7. The summed E-state index contributed by atoms with van der Waals surface area (Å²) >= 11 is 0. The predicted octanol–water partition coefficient (Wildman–Crippen LogP) is 3.63. The number of morpholine rings is 1. The van der Waals surface area contributed by atoms with E-state index in [-0.39, 0.29) is 11.9 Å². The summed E-state index contributed by atoms with van der Waals surface area (Å²) in [4.78, 5) is 18.2. The first kappa shape index (κ1) is 25.4. The molecule has 204 valence electrons. The molecule has 1 unspecified atom stereocenters. The van der Waals surface area contributed by atoms with Gasteiger partial charge in [0.1, 0.15) is 11.6 Å². The Morgan fingerprint density at radius 1 is 0.974 bits per heavy atom. The molecule has 4 heterocycles. The molecule has 0 bridgehead atoms. The van der Waals surface area contributed by atoms with Crippen molar-refractivity contribution in [2.45, 2.75) is 50.7 Å². The van der Waals surface area contributed by atoms with Crippen molar-refractivity contribution in [2.75, 3.05) is 56.2 Å². The summed E-state index contributed by atoms with van der Waals surface area (Å²) in [5, 5.41) is 13.3. The number of aromatic nitrogens is 4. The number of β-amino-alcohol motifs (C(OH)–C–C–N with tert-alkyl or cyclic N) is 1. The number of aliphatic hydroxyl groups is 1. The Balaban J connectivity index is 1.24. The van der Waals surface area contributed by atoms with Crippen LogP contribution in [0.15, 0.2) is 30.3 Å². The summed E-state index contributed by atoms with van der Waals surface area (Å²) in [5.74, 6) is 1.67. The molecule has 2 N–H and O–H groups in total. The van der Waals surface area contributed by atoms with Gasteiger partial charge in [-0.15, -0.1) is 0 Å². The highest BCUT2D eigenvalue weighted by atomic mass is 19.3. The van der Waals surface area contributed by atoms with Crippen LogP contribution >= 0.6 is 0 Å². The van der Waals surface area contributed by atoms with Gasteiger partial charge in [-0.1, -0.05) is 12.1 Å². The average Bonchev–Trinajstić information content (AvgIpc) is 3.56. The van der Waals surface area contributed by atoms with Crippen LogP contribution in [0.4, 0.5) is 20.5 Å². The fourth-order valence-electron chi connectivity index (χ4n) is 6.05. The number of rotatable bonds is 7. The number of anilines is 2. The van der Waals surface area contributed by atoms with E-state index in [1.54, 1.807) is 24.3 Å². The maximum atomic E-state index is 14.1. The number of aliphatic hydroxyl groups excluding tert-OH is 1. The number of alkyl halides is 2. The zero-order valence-corrected chi connectivity index (χ0v) is 21.5. The first-order valence-corrected chi connectivity index (χ1v) is 13.7. The maximum Gasteiger partial charge on any atom is 0.296 e. The molecule has 1 aromatic carbocycles. The molecule has 3 fully saturated rings. The average molecular weight is 528 g/mol. The van der Waals surface area contributed by atoms with E-state index in [4.69, 9.17) is 14.7 Å². The second-order valence-electron chi connectivity index (χ2n) is 10.6. The Morgan fingerprint density at radius 3 is 2.47 bits per heavy atom. The number of nitrogens with one attached hydrogen (secondary N) is 1. The molecular weight excluding hydrogens is 492 g/mol. The molecule has 9 nitrogen and oxygen atoms in total. The number of nitrogens with zero attached hydrogens (tertiary/aromatic N) is 6. The highest BCUT2D eigenvalue weighted by molar-refractivity contribution is 5.78. The van der Waals surface area contributed by atoms with E-state index in [1.165, 1.54) is 4.57 Å². The summed E-state index contributed by atoms with van der Waals surface area (Å²) in [6.07, 6.45) is 2.39. The molecule has 6 rings (SSSR count). The molecular formula is C27H35F2N7O2. The summed E-state index contributed by atoms with van der Waals surface area (Å²) in [5.41, 5.74) is 1.09. The highest BCUT2D eigenvalue weighted by Crippen LogP contribution is 2.31. The number of hydrogen-bond donors (Lipinski definition) is 2. The summed E-state index contributed by atoms with van der Waals surface area (Å²) in [7, 11) is 0. The SMILES string of the molecule is OC1CCN([C@H]2CC[C@H](CNc3nc(N4CCOCC4)cc(-n4c(C(F)F)nc5ccccc54)n3)CC2)C1. The van der Waals surface area contributed by atoms with Crippen molar-refractivity contribution >= 4 is 22.8 Å². The van der Waals surface area contributed by atoms with Gasteiger partial charge >= 0.3 is 0 Å². The molecule has 38 heavy (non-hydrogen) atoms. The Kier molecular flexibility index (Phi) is 7.40. The molecule has 11 heteroatoms. The molecule has 0 amide bonds. The lowest BCUT2D eigenvalue weighted by Crippen LogP contribution is -2.38. The van der Waals surface area contributed by atoms with Gasteiger partial charge in [0.05, 0.1) is 30.4 Å². The lowest BCUT2D eigenvalue weighted by Gasteiger charge is -2.34. The number of halogens is 2. The Labute approximate surface area is 220 Å². The topological polar surface area (TPSA) is 91.6 Å². The third-order valence-corrected chi connectivity index (χ3v) is 8.12. The van der Waals surface area contributed by atoms with E-state index >= 15 is 0 Å². The molecule has 2 saturated heterocycles. The smallest absolute Gasteiger partial charge is 0.296 e. The van der Waals surface area contributed by atoms with E-state index in [2.05, 4.69) is 20.1 Å². The highest BCUT2D eigenvalue weighted by Gasteiger charge is 2.30. The number of para-hydroxylation sites is 2. The second kappa shape index (κ2) is 11.1. The third kappa shape index (κ3) is 5.32. The standard InChI is InChI=1S/C27H35F2N7O2/c28-25(29)26-31-21-3-1-2-4-22(21)36(26)24-15-23(34-11-13-38-14-12-34)32-27(33-24)30-16-18-5-7-19(8-6-18)35-10-9-20(37)17-35/h1-4,15,18-20,25,37H,5-14,16-17H2,(H,30,32,33)/t18-,19-,20?. The van der Waals surface area contributed by atoms with Crippen LogP contribution in [-0.2, 0) is 4.74 Å².